The Hall–Kier alpha value is 1.84. The molecule has 4 nitrogen and oxygen atoms in total. The van der Waals surface area contributed by atoms with Crippen molar-refractivity contribution in [1.82, 2.24) is 0 Å². The first-order valence-corrected chi connectivity index (χ1v) is 1.98. The van der Waals surface area contributed by atoms with Crippen LogP contribution in [0.4, 0.5) is 0 Å². The van der Waals surface area contributed by atoms with Crippen LogP contribution in [0.25, 0.3) is 0 Å². The van der Waals surface area contributed by atoms with E-state index in [1.54, 1.807) is 6.92 Å². The summed E-state index contributed by atoms with van der Waals surface area (Å²) in [7, 11) is 0. The van der Waals surface area contributed by atoms with E-state index in [4.69, 9.17) is 15.0 Å². The molecule has 0 bridgehead atoms. The molecular weight excluding hydrogens is 191 g/mol. The number of carbonyl (C=O) groups is 2. The molecule has 0 radical (unpaired) electrons. The Bertz CT molecular complexity index is 87.8. The molecule has 6 heteroatoms. The van der Waals surface area contributed by atoms with E-state index in [-0.39, 0.29) is 106 Å². The van der Waals surface area contributed by atoms with Gasteiger partial charge in [0, 0.05) is 6.42 Å². The summed E-state index contributed by atoms with van der Waals surface area (Å²) in [5.41, 5.74) is 0. The topological polar surface area (TPSA) is 74.6 Å². The first-order chi connectivity index (χ1) is 3.68. The fraction of sp³-hybridized carbons (Fsp3) is 0.500. The molecule has 0 atom stereocenters. The van der Waals surface area contributed by atoms with Gasteiger partial charge in [-0.2, -0.15) is 0 Å². The predicted molar refractivity (Wildman–Crippen MR) is 35.7 cm³/mol. The monoisotopic (exact) mass is 202 g/mol. The zero-order chi connectivity index (χ0) is 6.99. The average Bonchev–Trinajstić information content (AvgIpc) is 1.69. The van der Waals surface area contributed by atoms with Crippen LogP contribution in [-0.4, -0.2) is 60.4 Å². The number of carboxylic acids is 1. The van der Waals surface area contributed by atoms with E-state index in [9.17, 15) is 4.79 Å². The van der Waals surface area contributed by atoms with E-state index in [0.29, 0.717) is 0 Å². The zero-order valence-corrected chi connectivity index (χ0v) is 11.5. The largest absolute Gasteiger partial charge is 2.00 e. The van der Waals surface area contributed by atoms with Crippen LogP contribution < -0.4 is 51.4 Å². The fourth-order valence-corrected chi connectivity index (χ4v) is 0. The first-order valence-electron chi connectivity index (χ1n) is 1.98. The van der Waals surface area contributed by atoms with Gasteiger partial charge >= 0.3 is 95.1 Å². The van der Waals surface area contributed by atoms with Crippen molar-refractivity contribution in [2.45, 2.75) is 13.3 Å². The molecule has 54 valence electrons. The van der Waals surface area contributed by atoms with Gasteiger partial charge in [-0.1, -0.05) is 6.92 Å². The average molecular weight is 202 g/mol. The molecule has 0 aliphatic carbocycles. The van der Waals surface area contributed by atoms with Gasteiger partial charge in [0.2, 0.25) is 0 Å². The van der Waals surface area contributed by atoms with Gasteiger partial charge in [-0.05, 0) is 0 Å². The van der Waals surface area contributed by atoms with Gasteiger partial charge in [-0.25, -0.2) is 0 Å². The number of carboxylic acid groups (broad SMARTS) is 2. The molecule has 0 fully saturated rings. The van der Waals surface area contributed by atoms with Crippen molar-refractivity contribution < 1.29 is 75.5 Å². The number of aliphatic carboxylic acids is 1. The molecule has 0 heterocycles. The zero-order valence-electron chi connectivity index (χ0n) is 9.20. The van der Waals surface area contributed by atoms with Crippen LogP contribution >= 0.6 is 0 Å². The molecular formula is C4H11CaKO4. The van der Waals surface area contributed by atoms with Crippen molar-refractivity contribution in [3.8, 4) is 0 Å². The van der Waals surface area contributed by atoms with Gasteiger partial charge in [0.05, 0.1) is 0 Å². The van der Waals surface area contributed by atoms with Gasteiger partial charge in [-0.3, -0.25) is 9.59 Å². The number of rotatable bonds is 1. The van der Waals surface area contributed by atoms with Crippen LogP contribution in [0.15, 0.2) is 0 Å². The van der Waals surface area contributed by atoms with E-state index >= 15 is 0 Å². The van der Waals surface area contributed by atoms with Gasteiger partial charge in [-0.15, -0.1) is 0 Å². The van der Waals surface area contributed by atoms with Crippen LogP contribution in [0.1, 0.15) is 17.6 Å². The summed E-state index contributed by atoms with van der Waals surface area (Å²) in [5.74, 6) is -0.745. The third-order valence-corrected chi connectivity index (χ3v) is 0.302. The van der Waals surface area contributed by atoms with Crippen molar-refractivity contribution in [3.63, 3.8) is 0 Å². The third-order valence-electron chi connectivity index (χ3n) is 0.302. The van der Waals surface area contributed by atoms with Gasteiger partial charge in [0.15, 0.2) is 0 Å². The normalized spacial score (nSPS) is 4.90. The van der Waals surface area contributed by atoms with Crippen LogP contribution in [0.3, 0.4) is 0 Å². The summed E-state index contributed by atoms with van der Waals surface area (Å²) < 4.78 is 0. The quantitative estimate of drug-likeness (QED) is 0.354. The smallest absolute Gasteiger partial charge is 1.00 e. The molecule has 0 saturated carbocycles. The van der Waals surface area contributed by atoms with Crippen molar-refractivity contribution in [2.24, 2.45) is 0 Å². The molecule has 0 unspecified atom stereocenters. The SMILES string of the molecule is CCC(=O)O.O=CO.[Ca+2].[H-].[H-].[H-].[K+]. The maximum absolute atomic E-state index is 9.37. The molecule has 0 amide bonds. The van der Waals surface area contributed by atoms with E-state index in [1.807, 2.05) is 0 Å². The van der Waals surface area contributed by atoms with Crippen molar-refractivity contribution in [1.29, 1.82) is 0 Å². The predicted octanol–water partition coefficient (Wildman–Crippen LogP) is -2.86. The minimum Gasteiger partial charge on any atom is -1.00 e. The fourth-order valence-electron chi connectivity index (χ4n) is 0. The summed E-state index contributed by atoms with van der Waals surface area (Å²) >= 11 is 0. The minimum atomic E-state index is -0.745. The third kappa shape index (κ3) is 52.2. The minimum absolute atomic E-state index is 0. The Morgan fingerprint density at radius 2 is 1.80 bits per heavy atom. The molecule has 0 aromatic heterocycles. The van der Waals surface area contributed by atoms with Crippen LogP contribution in [0.5, 0.6) is 0 Å². The Labute approximate surface area is 136 Å². The summed E-state index contributed by atoms with van der Waals surface area (Å²) in [6.07, 6.45) is 0.222. The molecule has 0 aliphatic heterocycles. The maximum Gasteiger partial charge on any atom is 2.00 e. The summed E-state index contributed by atoms with van der Waals surface area (Å²) in [6.45, 7) is 1.35. The molecule has 0 aliphatic rings. The summed E-state index contributed by atoms with van der Waals surface area (Å²) in [6, 6.07) is 0. The summed E-state index contributed by atoms with van der Waals surface area (Å²) in [5, 5.41) is 14.6. The second-order valence-electron chi connectivity index (χ2n) is 0.853. The molecule has 2 N–H and O–H groups in total. The molecule has 0 rings (SSSR count). The van der Waals surface area contributed by atoms with Gasteiger partial charge in [0.25, 0.3) is 6.47 Å². The van der Waals surface area contributed by atoms with Crippen LogP contribution in [0.2, 0.25) is 0 Å². The second kappa shape index (κ2) is 22.4. The van der Waals surface area contributed by atoms with Crippen LogP contribution in [-0.2, 0) is 9.59 Å². The Morgan fingerprint density at radius 1 is 1.70 bits per heavy atom. The Morgan fingerprint density at radius 3 is 1.80 bits per heavy atom. The molecule has 0 saturated heterocycles. The maximum atomic E-state index is 9.37. The second-order valence-corrected chi connectivity index (χ2v) is 0.853. The Balaban J connectivity index is -0.00000000840. The van der Waals surface area contributed by atoms with Crippen molar-refractivity contribution in [3.05, 3.63) is 0 Å². The van der Waals surface area contributed by atoms with Crippen LogP contribution in [0, 0.1) is 0 Å². The van der Waals surface area contributed by atoms with Crippen molar-refractivity contribution in [2.75, 3.05) is 0 Å². The van der Waals surface area contributed by atoms with E-state index in [2.05, 4.69) is 0 Å². The molecule has 0 aromatic carbocycles. The molecule has 10 heavy (non-hydrogen) atoms. The summed E-state index contributed by atoms with van der Waals surface area (Å²) in [4.78, 5) is 17.7. The van der Waals surface area contributed by atoms with Crippen molar-refractivity contribution >= 4 is 50.2 Å². The number of hydrogen-bond acceptors (Lipinski definition) is 2. The number of hydrogen-bond donors (Lipinski definition) is 2. The van der Waals surface area contributed by atoms with Gasteiger partial charge < -0.3 is 14.5 Å². The molecule has 0 spiro atoms. The van der Waals surface area contributed by atoms with E-state index in [0.717, 1.165) is 0 Å². The van der Waals surface area contributed by atoms with Gasteiger partial charge in [0.1, 0.15) is 0 Å². The Kier molecular flexibility index (Phi) is 50.8. The first kappa shape index (κ1) is 22.6. The molecule has 0 aromatic rings. The standard InChI is InChI=1S/C3H6O2.CH2O2.Ca.K.3H/c1-2-3(4)5;2-1-3;;;;;/h2H2,1H3,(H,4,5);1H,(H,2,3);;;;;/q;;+2;+1;3*-1. The van der Waals surface area contributed by atoms with E-state index in [1.165, 1.54) is 0 Å². The van der Waals surface area contributed by atoms with E-state index < -0.39 is 5.97 Å².